The van der Waals surface area contributed by atoms with Crippen molar-refractivity contribution < 1.29 is 9.90 Å². The number of carbonyl (C=O) groups is 1. The zero-order valence-electron chi connectivity index (χ0n) is 15.8. The summed E-state index contributed by atoms with van der Waals surface area (Å²) in [4.78, 5) is 10.6. The van der Waals surface area contributed by atoms with E-state index >= 15 is 0 Å². The minimum Gasteiger partial charge on any atom is -0.481 e. The number of carboxylic acid groups (broad SMARTS) is 1. The SMILES string of the molecule is CC(CCCCCCCCCCCCc1ccc([131I])cc1)CC(=O)O. The van der Waals surface area contributed by atoms with Crippen molar-refractivity contribution >= 4 is 28.6 Å². The molecule has 0 spiro atoms. The molecule has 1 unspecified atom stereocenters. The molecule has 0 aliphatic rings. The first kappa shape index (κ1) is 22.5. The summed E-state index contributed by atoms with van der Waals surface area (Å²) in [6, 6.07) is 8.90. The van der Waals surface area contributed by atoms with Crippen molar-refractivity contribution in [2.24, 2.45) is 5.92 Å². The molecule has 1 N–H and O–H groups in total. The zero-order chi connectivity index (χ0) is 18.3. The van der Waals surface area contributed by atoms with Gasteiger partial charge < -0.3 is 5.11 Å². The summed E-state index contributed by atoms with van der Waals surface area (Å²) in [5.74, 6) is -0.331. The summed E-state index contributed by atoms with van der Waals surface area (Å²) >= 11 is 2.36. The maximum atomic E-state index is 10.6. The molecule has 0 fully saturated rings. The fourth-order valence-corrected chi connectivity index (χ4v) is 3.65. The highest BCUT2D eigenvalue weighted by Gasteiger charge is 2.06. The Morgan fingerprint density at radius 2 is 1.36 bits per heavy atom. The molecule has 1 rings (SSSR count). The molecule has 25 heavy (non-hydrogen) atoms. The van der Waals surface area contributed by atoms with E-state index in [-0.39, 0.29) is 0 Å². The second-order valence-corrected chi connectivity index (χ2v) is 8.65. The Balaban J connectivity index is 1.81. The Morgan fingerprint density at radius 1 is 0.880 bits per heavy atom. The van der Waals surface area contributed by atoms with Crippen molar-refractivity contribution in [3.8, 4) is 0 Å². The largest absolute Gasteiger partial charge is 0.481 e. The Morgan fingerprint density at radius 3 is 1.88 bits per heavy atom. The molecule has 0 heterocycles. The summed E-state index contributed by atoms with van der Waals surface area (Å²) < 4.78 is 1.32. The van der Waals surface area contributed by atoms with E-state index in [1.54, 1.807) is 0 Å². The molecule has 0 bridgehead atoms. The van der Waals surface area contributed by atoms with E-state index in [4.69, 9.17) is 5.11 Å². The molecule has 1 atom stereocenters. The van der Waals surface area contributed by atoms with Crippen LogP contribution in [0.5, 0.6) is 0 Å². The fraction of sp³-hybridized carbons (Fsp3) is 0.682. The second-order valence-electron chi connectivity index (χ2n) is 7.40. The van der Waals surface area contributed by atoms with E-state index < -0.39 is 5.97 Å². The van der Waals surface area contributed by atoms with E-state index in [0.717, 1.165) is 6.42 Å². The lowest BCUT2D eigenvalue weighted by Crippen LogP contribution is -2.03. The lowest BCUT2D eigenvalue weighted by Gasteiger charge is -2.08. The molecule has 0 aliphatic carbocycles. The number of benzene rings is 1. The van der Waals surface area contributed by atoms with E-state index in [2.05, 4.69) is 46.9 Å². The van der Waals surface area contributed by atoms with Gasteiger partial charge in [0.15, 0.2) is 0 Å². The fourth-order valence-electron chi connectivity index (χ4n) is 3.29. The predicted molar refractivity (Wildman–Crippen MR) is 115 cm³/mol. The smallest absolute Gasteiger partial charge is 0.303 e. The van der Waals surface area contributed by atoms with Crippen LogP contribution in [-0.2, 0) is 11.2 Å². The van der Waals surface area contributed by atoms with Gasteiger partial charge in [-0.3, -0.25) is 4.79 Å². The molecule has 1 aromatic carbocycles. The average molecular weight is 462 g/mol. The van der Waals surface area contributed by atoms with Gasteiger partial charge in [-0.15, -0.1) is 0 Å². The van der Waals surface area contributed by atoms with Crippen LogP contribution >= 0.6 is 22.6 Å². The Kier molecular flexibility index (Phi) is 13.1. The minimum absolute atomic E-state index is 0.323. The van der Waals surface area contributed by atoms with Crippen molar-refractivity contribution in [1.29, 1.82) is 0 Å². The molecule has 0 radical (unpaired) electrons. The van der Waals surface area contributed by atoms with E-state index in [0.29, 0.717) is 12.3 Å². The first-order chi connectivity index (χ1) is 12.1. The van der Waals surface area contributed by atoms with Gasteiger partial charge in [0.05, 0.1) is 0 Å². The minimum atomic E-state index is -0.661. The average Bonchev–Trinajstić information content (AvgIpc) is 2.57. The van der Waals surface area contributed by atoms with Gasteiger partial charge >= 0.3 is 5.97 Å². The van der Waals surface area contributed by atoms with Crippen LogP contribution in [0.4, 0.5) is 0 Å². The monoisotopic (exact) mass is 462 g/mol. The molecule has 0 saturated carbocycles. The van der Waals surface area contributed by atoms with E-state index in [9.17, 15) is 4.79 Å². The first-order valence-corrected chi connectivity index (χ1v) is 11.1. The molecule has 142 valence electrons. The summed E-state index contributed by atoms with van der Waals surface area (Å²) in [5.41, 5.74) is 1.47. The molecule has 3 heteroatoms. The number of rotatable bonds is 15. The predicted octanol–water partition coefficient (Wildman–Crippen LogP) is 7.24. The molecular weight excluding hydrogens is 427 g/mol. The number of hydrogen-bond donors (Lipinski definition) is 1. The third kappa shape index (κ3) is 13.3. The summed E-state index contributed by atoms with van der Waals surface area (Å²) in [6.07, 6.45) is 15.9. The van der Waals surface area contributed by atoms with Crippen molar-refractivity contribution in [2.45, 2.75) is 90.4 Å². The third-order valence-electron chi connectivity index (χ3n) is 4.85. The van der Waals surface area contributed by atoms with Gasteiger partial charge in [0, 0.05) is 9.99 Å². The van der Waals surface area contributed by atoms with E-state index in [1.807, 2.05) is 6.92 Å². The van der Waals surface area contributed by atoms with Crippen molar-refractivity contribution in [1.82, 2.24) is 0 Å². The highest BCUT2D eigenvalue weighted by Crippen LogP contribution is 2.16. The summed E-state index contributed by atoms with van der Waals surface area (Å²) in [7, 11) is 0. The Hall–Kier alpha value is -0.580. The van der Waals surface area contributed by atoms with Gasteiger partial charge in [0.1, 0.15) is 0 Å². The number of halogens is 1. The summed E-state index contributed by atoms with van der Waals surface area (Å²) in [6.45, 7) is 2.05. The number of carboxylic acids is 1. The van der Waals surface area contributed by atoms with Gasteiger partial charge in [-0.2, -0.15) is 0 Å². The topological polar surface area (TPSA) is 37.3 Å². The van der Waals surface area contributed by atoms with Gasteiger partial charge in [-0.1, -0.05) is 83.3 Å². The van der Waals surface area contributed by atoms with Crippen LogP contribution in [0.2, 0.25) is 0 Å². The van der Waals surface area contributed by atoms with E-state index in [1.165, 1.54) is 79.8 Å². The molecule has 0 aromatic heterocycles. The Labute approximate surface area is 167 Å². The molecule has 2 nitrogen and oxygen atoms in total. The van der Waals surface area contributed by atoms with Crippen LogP contribution in [-0.4, -0.2) is 11.1 Å². The maximum Gasteiger partial charge on any atom is 0.303 e. The van der Waals surface area contributed by atoms with Crippen LogP contribution in [0.1, 0.15) is 89.5 Å². The van der Waals surface area contributed by atoms with Gasteiger partial charge in [0.25, 0.3) is 0 Å². The summed E-state index contributed by atoms with van der Waals surface area (Å²) in [5, 5.41) is 8.73. The highest BCUT2D eigenvalue weighted by atomic mass is 131. The van der Waals surface area contributed by atoms with Gasteiger partial charge in [0.2, 0.25) is 0 Å². The van der Waals surface area contributed by atoms with Crippen LogP contribution in [0, 0.1) is 9.49 Å². The number of aryl methyl sites for hydroxylation is 1. The van der Waals surface area contributed by atoms with Crippen LogP contribution in [0.15, 0.2) is 24.3 Å². The normalized spacial score (nSPS) is 12.2. The molecular formula is C22H35IO2. The third-order valence-corrected chi connectivity index (χ3v) is 5.57. The molecule has 1 aromatic rings. The standard InChI is InChI=1S/C22H35IO2/c1-19(18-22(24)25)12-10-8-6-4-2-3-5-7-9-11-13-20-14-16-21(23)17-15-20/h14-17,19H,2-13,18H2,1H3,(H,24,25)/i23+4. The van der Waals surface area contributed by atoms with Crippen LogP contribution in [0.3, 0.4) is 0 Å². The number of unbranched alkanes of at least 4 members (excludes halogenated alkanes) is 9. The molecule has 0 saturated heterocycles. The Bertz CT molecular complexity index is 456. The number of hydrogen-bond acceptors (Lipinski definition) is 1. The highest BCUT2D eigenvalue weighted by molar-refractivity contribution is 14.1. The van der Waals surface area contributed by atoms with Crippen molar-refractivity contribution in [2.75, 3.05) is 0 Å². The molecule has 0 amide bonds. The van der Waals surface area contributed by atoms with Gasteiger partial charge in [-0.25, -0.2) is 0 Å². The van der Waals surface area contributed by atoms with Crippen LogP contribution < -0.4 is 0 Å². The zero-order valence-corrected chi connectivity index (χ0v) is 18.0. The number of aliphatic carboxylic acids is 1. The van der Waals surface area contributed by atoms with Gasteiger partial charge in [-0.05, 0) is 59.0 Å². The molecule has 0 aliphatic heterocycles. The second kappa shape index (κ2) is 14.6. The van der Waals surface area contributed by atoms with Crippen molar-refractivity contribution in [3.63, 3.8) is 0 Å². The van der Waals surface area contributed by atoms with Crippen molar-refractivity contribution in [3.05, 3.63) is 33.4 Å². The first-order valence-electron chi connectivity index (χ1n) is 10.0. The lowest BCUT2D eigenvalue weighted by atomic mass is 9.99. The maximum absolute atomic E-state index is 10.6. The lowest BCUT2D eigenvalue weighted by molar-refractivity contribution is -0.138. The quantitative estimate of drug-likeness (QED) is 0.220. The van der Waals surface area contributed by atoms with Crippen LogP contribution in [0.25, 0.3) is 0 Å².